The van der Waals surface area contributed by atoms with Crippen LogP contribution in [0.5, 0.6) is 5.75 Å². The molecule has 3 rings (SSSR count). The Kier molecular flexibility index (Phi) is 8.57. The first-order valence-electron chi connectivity index (χ1n) is 11.3. The summed E-state index contributed by atoms with van der Waals surface area (Å²) in [7, 11) is 0. The second kappa shape index (κ2) is 11.8. The van der Waals surface area contributed by atoms with Crippen LogP contribution < -0.4 is 15.5 Å². The summed E-state index contributed by atoms with van der Waals surface area (Å²) >= 11 is 0. The lowest BCUT2D eigenvalue weighted by molar-refractivity contribution is -0.123. The van der Waals surface area contributed by atoms with E-state index in [1.165, 1.54) is 11.1 Å². The fraction of sp³-hybridized carbons (Fsp3) is 0.250. The summed E-state index contributed by atoms with van der Waals surface area (Å²) in [6.07, 6.45) is 2.33. The summed E-state index contributed by atoms with van der Waals surface area (Å²) in [6, 6.07) is 24.6. The molecule has 6 nitrogen and oxygen atoms in total. The van der Waals surface area contributed by atoms with Gasteiger partial charge in [-0.15, -0.1) is 0 Å². The molecule has 0 saturated carbocycles. The molecule has 34 heavy (non-hydrogen) atoms. The Hall–Kier alpha value is -3.93. The third-order valence-corrected chi connectivity index (χ3v) is 5.22. The number of amides is 2. The largest absolute Gasteiger partial charge is 0.484 e. The number of carbonyl (C=O) groups is 2. The molecule has 0 saturated heterocycles. The molecular formula is C28H31N3O3. The molecule has 0 aliphatic carbocycles. The summed E-state index contributed by atoms with van der Waals surface area (Å²) in [6.45, 7) is 6.90. The molecule has 2 N–H and O–H groups in total. The van der Waals surface area contributed by atoms with E-state index >= 15 is 0 Å². The Balaban J connectivity index is 1.40. The van der Waals surface area contributed by atoms with E-state index in [-0.39, 0.29) is 23.8 Å². The first-order chi connectivity index (χ1) is 16.3. The van der Waals surface area contributed by atoms with Crippen LogP contribution in [-0.2, 0) is 16.6 Å². The molecule has 0 aromatic heterocycles. The topological polar surface area (TPSA) is 79.8 Å². The number of nitrogens with one attached hydrogen (secondary N) is 2. The predicted octanol–water partition coefficient (Wildman–Crippen LogP) is 4.49. The van der Waals surface area contributed by atoms with Crippen LogP contribution in [0.3, 0.4) is 0 Å². The summed E-state index contributed by atoms with van der Waals surface area (Å²) in [5.74, 6) is 0.146. The number of ether oxygens (including phenoxy) is 1. The van der Waals surface area contributed by atoms with Crippen LogP contribution in [0.15, 0.2) is 84.0 Å². The fourth-order valence-corrected chi connectivity index (χ4v) is 3.19. The van der Waals surface area contributed by atoms with E-state index in [4.69, 9.17) is 4.74 Å². The van der Waals surface area contributed by atoms with E-state index in [0.29, 0.717) is 17.9 Å². The van der Waals surface area contributed by atoms with Crippen LogP contribution in [-0.4, -0.2) is 31.2 Å². The van der Waals surface area contributed by atoms with Crippen LogP contribution in [0.2, 0.25) is 0 Å². The van der Waals surface area contributed by atoms with Crippen LogP contribution in [0.1, 0.15) is 47.8 Å². The lowest BCUT2D eigenvalue weighted by Gasteiger charge is -2.18. The molecule has 176 valence electrons. The highest BCUT2D eigenvalue weighted by atomic mass is 16.5. The van der Waals surface area contributed by atoms with Crippen molar-refractivity contribution in [3.05, 3.63) is 101 Å². The minimum atomic E-state index is -0.269. The highest BCUT2D eigenvalue weighted by Crippen LogP contribution is 2.22. The minimum absolute atomic E-state index is 0.0369. The third kappa shape index (κ3) is 7.89. The predicted molar refractivity (Wildman–Crippen MR) is 135 cm³/mol. The number of rotatable bonds is 9. The van der Waals surface area contributed by atoms with Gasteiger partial charge >= 0.3 is 0 Å². The van der Waals surface area contributed by atoms with Gasteiger partial charge in [0.25, 0.3) is 11.8 Å². The van der Waals surface area contributed by atoms with Crippen molar-refractivity contribution in [3.63, 3.8) is 0 Å². The van der Waals surface area contributed by atoms with Crippen molar-refractivity contribution < 1.29 is 14.3 Å². The molecule has 0 atom stereocenters. The maximum atomic E-state index is 12.3. The molecule has 0 bridgehead atoms. The molecule has 2 amide bonds. The number of hydrogen-bond donors (Lipinski definition) is 2. The molecule has 0 fully saturated rings. The highest BCUT2D eigenvalue weighted by molar-refractivity contribution is 5.94. The van der Waals surface area contributed by atoms with Gasteiger partial charge < -0.3 is 10.1 Å². The van der Waals surface area contributed by atoms with Crippen LogP contribution in [0.25, 0.3) is 0 Å². The van der Waals surface area contributed by atoms with Gasteiger partial charge in [0.1, 0.15) is 5.75 Å². The van der Waals surface area contributed by atoms with E-state index in [2.05, 4.69) is 36.6 Å². The maximum Gasteiger partial charge on any atom is 0.271 e. The van der Waals surface area contributed by atoms with E-state index < -0.39 is 0 Å². The minimum Gasteiger partial charge on any atom is -0.484 e. The Morgan fingerprint density at radius 2 is 1.59 bits per heavy atom. The van der Waals surface area contributed by atoms with Crippen molar-refractivity contribution in [3.8, 4) is 5.75 Å². The lowest BCUT2D eigenvalue weighted by atomic mass is 9.87. The van der Waals surface area contributed by atoms with Gasteiger partial charge in [-0.3, -0.25) is 9.59 Å². The zero-order chi connectivity index (χ0) is 24.4. The normalized spacial score (nSPS) is 11.3. The summed E-state index contributed by atoms with van der Waals surface area (Å²) < 4.78 is 5.53. The molecule has 0 aliphatic rings. The van der Waals surface area contributed by atoms with Crippen molar-refractivity contribution in [1.29, 1.82) is 0 Å². The van der Waals surface area contributed by atoms with Gasteiger partial charge in [-0.25, -0.2) is 5.43 Å². The van der Waals surface area contributed by atoms with E-state index in [0.717, 1.165) is 12.0 Å². The Labute approximate surface area is 201 Å². The second-order valence-corrected chi connectivity index (χ2v) is 8.97. The first kappa shape index (κ1) is 24.7. The first-order valence-corrected chi connectivity index (χ1v) is 11.3. The van der Waals surface area contributed by atoms with E-state index in [1.54, 1.807) is 42.6 Å². The molecule has 3 aromatic carbocycles. The van der Waals surface area contributed by atoms with Crippen LogP contribution in [0, 0.1) is 0 Å². The zero-order valence-corrected chi connectivity index (χ0v) is 19.9. The quantitative estimate of drug-likeness (QED) is 0.367. The molecule has 0 spiro atoms. The van der Waals surface area contributed by atoms with Gasteiger partial charge in [0.05, 0.1) is 6.21 Å². The van der Waals surface area contributed by atoms with Crippen LogP contribution >= 0.6 is 0 Å². The lowest BCUT2D eigenvalue weighted by Crippen LogP contribution is -2.30. The summed E-state index contributed by atoms with van der Waals surface area (Å²) in [5, 5.41) is 6.87. The summed E-state index contributed by atoms with van der Waals surface area (Å²) in [4.78, 5) is 24.2. The highest BCUT2D eigenvalue weighted by Gasteiger charge is 2.14. The standard InChI is InChI=1S/C28H31N3O3/c1-28(2,3)24-13-11-23(12-14-24)27(33)31-30-19-22-9-15-25(16-10-22)34-20-26(32)29-18-17-21-7-5-4-6-8-21/h4-16,19H,17-18,20H2,1-3H3,(H,29,32)(H,31,33)/b30-19-. The Bertz CT molecular complexity index is 1100. The molecular weight excluding hydrogens is 426 g/mol. The van der Waals surface area contributed by atoms with Gasteiger partial charge in [0.2, 0.25) is 0 Å². The summed E-state index contributed by atoms with van der Waals surface area (Å²) in [5.41, 5.74) is 6.26. The maximum absolute atomic E-state index is 12.3. The van der Waals surface area contributed by atoms with Gasteiger partial charge in [-0.2, -0.15) is 5.10 Å². The fourth-order valence-electron chi connectivity index (χ4n) is 3.19. The molecule has 3 aromatic rings. The second-order valence-electron chi connectivity index (χ2n) is 8.97. The Morgan fingerprint density at radius 3 is 2.24 bits per heavy atom. The number of nitrogens with zero attached hydrogens (tertiary/aromatic N) is 1. The van der Waals surface area contributed by atoms with Gasteiger partial charge in [0.15, 0.2) is 6.61 Å². The van der Waals surface area contributed by atoms with Crippen LogP contribution in [0.4, 0.5) is 0 Å². The smallest absolute Gasteiger partial charge is 0.271 e. The molecule has 0 heterocycles. The van der Waals surface area contributed by atoms with Crippen molar-refractivity contribution in [2.24, 2.45) is 5.10 Å². The average molecular weight is 458 g/mol. The molecule has 0 aliphatic heterocycles. The number of hydrazone groups is 1. The van der Waals surface area contributed by atoms with Gasteiger partial charge in [-0.05, 0) is 64.9 Å². The number of carbonyl (C=O) groups excluding carboxylic acids is 2. The SMILES string of the molecule is CC(C)(C)c1ccc(C(=O)N/N=C\c2ccc(OCC(=O)NCCc3ccccc3)cc2)cc1. The van der Waals surface area contributed by atoms with Crippen molar-refractivity contribution >= 4 is 18.0 Å². The third-order valence-electron chi connectivity index (χ3n) is 5.22. The monoisotopic (exact) mass is 457 g/mol. The van der Waals surface area contributed by atoms with E-state index in [1.807, 2.05) is 42.5 Å². The van der Waals surface area contributed by atoms with Gasteiger partial charge in [0, 0.05) is 12.1 Å². The van der Waals surface area contributed by atoms with Gasteiger partial charge in [-0.1, -0.05) is 63.2 Å². The zero-order valence-electron chi connectivity index (χ0n) is 19.9. The van der Waals surface area contributed by atoms with Crippen molar-refractivity contribution in [1.82, 2.24) is 10.7 Å². The van der Waals surface area contributed by atoms with Crippen molar-refractivity contribution in [2.45, 2.75) is 32.6 Å². The number of benzene rings is 3. The molecule has 0 unspecified atom stereocenters. The average Bonchev–Trinajstić information content (AvgIpc) is 2.84. The number of hydrogen-bond acceptors (Lipinski definition) is 4. The van der Waals surface area contributed by atoms with E-state index in [9.17, 15) is 9.59 Å². The molecule has 0 radical (unpaired) electrons. The Morgan fingerprint density at radius 1 is 0.912 bits per heavy atom. The molecule has 6 heteroatoms. The van der Waals surface area contributed by atoms with Crippen molar-refractivity contribution in [2.75, 3.05) is 13.2 Å².